The molecular formula is C26H27N7O8S. The van der Waals surface area contributed by atoms with Crippen molar-refractivity contribution in [1.82, 2.24) is 29.7 Å². The topological polar surface area (TPSA) is 231 Å². The van der Waals surface area contributed by atoms with Crippen molar-refractivity contribution in [3.63, 3.8) is 0 Å². The maximum atomic E-state index is 13.4. The Balaban J connectivity index is 1.63. The molecule has 15 nitrogen and oxygen atoms in total. The number of amides is 2. The maximum Gasteiger partial charge on any atom is 0.328 e. The summed E-state index contributed by atoms with van der Waals surface area (Å²) in [5.41, 5.74) is 3.44. The molecule has 2 amide bonds. The minimum atomic E-state index is -1.62. The lowest BCUT2D eigenvalue weighted by molar-refractivity contribution is -0.142. The number of nitrogens with one attached hydrogen (secondary N) is 4. The van der Waals surface area contributed by atoms with Gasteiger partial charge in [-0.1, -0.05) is 18.2 Å². The highest BCUT2D eigenvalue weighted by molar-refractivity contribution is 7.09. The van der Waals surface area contributed by atoms with Gasteiger partial charge in [-0.15, -0.1) is 11.3 Å². The summed E-state index contributed by atoms with van der Waals surface area (Å²) in [7, 11) is 0. The van der Waals surface area contributed by atoms with Gasteiger partial charge in [-0.25, -0.2) is 14.4 Å². The summed E-state index contributed by atoms with van der Waals surface area (Å²) in [6.07, 6.45) is 1.17. The molecule has 7 N–H and O–H groups in total. The molecule has 0 unspecified atom stereocenters. The lowest BCUT2D eigenvalue weighted by atomic mass is 10.1. The minimum Gasteiger partial charge on any atom is -0.480 e. The van der Waals surface area contributed by atoms with E-state index >= 15 is 0 Å². The predicted molar refractivity (Wildman–Crippen MR) is 152 cm³/mol. The van der Waals surface area contributed by atoms with Crippen molar-refractivity contribution in [1.29, 1.82) is 0 Å². The Kier molecular flexibility index (Phi) is 8.97. The molecular weight excluding hydrogens is 570 g/mol. The van der Waals surface area contributed by atoms with E-state index in [0.717, 1.165) is 4.57 Å². The molecule has 0 saturated carbocycles. The van der Waals surface area contributed by atoms with Crippen LogP contribution in [0.5, 0.6) is 0 Å². The lowest BCUT2D eigenvalue weighted by Crippen LogP contribution is -2.58. The van der Waals surface area contributed by atoms with E-state index in [-0.39, 0.29) is 29.4 Å². The van der Waals surface area contributed by atoms with E-state index in [1.165, 1.54) is 36.6 Å². The number of H-pyrrole nitrogens is 2. The van der Waals surface area contributed by atoms with Crippen molar-refractivity contribution in [2.24, 2.45) is 5.73 Å². The summed E-state index contributed by atoms with van der Waals surface area (Å²) < 4.78 is 1.72. The van der Waals surface area contributed by atoms with Crippen LogP contribution in [0.4, 0.5) is 0 Å². The molecule has 4 aromatic rings. The number of carbonyl (C=O) groups excluding carboxylic acids is 2. The summed E-state index contributed by atoms with van der Waals surface area (Å²) in [5, 5.41) is 16.3. The van der Waals surface area contributed by atoms with Gasteiger partial charge >= 0.3 is 17.3 Å². The van der Waals surface area contributed by atoms with E-state index < -0.39 is 65.0 Å². The van der Waals surface area contributed by atoms with Crippen LogP contribution in [0.1, 0.15) is 10.4 Å². The Bertz CT molecular complexity index is 1870. The van der Waals surface area contributed by atoms with E-state index in [0.29, 0.717) is 9.44 Å². The normalized spacial score (nSPS) is 13.3. The first-order chi connectivity index (χ1) is 19.9. The fourth-order valence-corrected chi connectivity index (χ4v) is 4.92. The summed E-state index contributed by atoms with van der Waals surface area (Å²) in [4.78, 5) is 93.4. The zero-order valence-electron chi connectivity index (χ0n) is 22.2. The zero-order chi connectivity index (χ0) is 30.6. The van der Waals surface area contributed by atoms with Gasteiger partial charge in [0.25, 0.3) is 11.1 Å². The van der Waals surface area contributed by atoms with Crippen LogP contribution in [0.2, 0.25) is 0 Å². The first-order valence-electron chi connectivity index (χ1n) is 12.6. The van der Waals surface area contributed by atoms with Gasteiger partial charge in [0.2, 0.25) is 11.8 Å². The monoisotopic (exact) mass is 597 g/mol. The van der Waals surface area contributed by atoms with E-state index in [1.807, 2.05) is 0 Å². The van der Waals surface area contributed by atoms with Gasteiger partial charge < -0.3 is 26.5 Å². The number of carbonyl (C=O) groups is 3. The largest absolute Gasteiger partial charge is 0.480 e. The molecule has 0 aliphatic heterocycles. The molecule has 3 aromatic heterocycles. The van der Waals surface area contributed by atoms with Gasteiger partial charge in [0.1, 0.15) is 18.1 Å². The van der Waals surface area contributed by atoms with Crippen molar-refractivity contribution < 1.29 is 19.5 Å². The van der Waals surface area contributed by atoms with Gasteiger partial charge in [-0.3, -0.25) is 33.3 Å². The molecule has 0 fully saturated rings. The van der Waals surface area contributed by atoms with Crippen LogP contribution < -0.4 is 38.9 Å². The number of hydrogen-bond donors (Lipinski definition) is 6. The summed E-state index contributed by atoms with van der Waals surface area (Å²) >= 11 is 1.29. The number of aliphatic carboxylic acids is 1. The van der Waals surface area contributed by atoms with Gasteiger partial charge in [0, 0.05) is 23.1 Å². The van der Waals surface area contributed by atoms with Crippen molar-refractivity contribution in [2.45, 2.75) is 44.6 Å². The molecule has 0 saturated heterocycles. The van der Waals surface area contributed by atoms with Crippen LogP contribution in [-0.2, 0) is 33.9 Å². The molecule has 1 aromatic carbocycles. The van der Waals surface area contributed by atoms with Crippen LogP contribution in [0, 0.1) is 6.92 Å². The van der Waals surface area contributed by atoms with Crippen LogP contribution in [0.25, 0.3) is 10.9 Å². The second-order valence-corrected chi connectivity index (χ2v) is 10.5. The third kappa shape index (κ3) is 6.79. The quantitative estimate of drug-likeness (QED) is 0.115. The van der Waals surface area contributed by atoms with Gasteiger partial charge in [0.05, 0.1) is 24.0 Å². The smallest absolute Gasteiger partial charge is 0.328 e. The zero-order valence-corrected chi connectivity index (χ0v) is 23.0. The highest BCUT2D eigenvalue weighted by Gasteiger charge is 2.30. The molecule has 0 radical (unpaired) electrons. The average Bonchev–Trinajstić information content (AvgIpc) is 3.46. The molecule has 0 aliphatic carbocycles. The minimum absolute atomic E-state index is 0.0517. The fraction of sp³-hybridized carbons (Fsp3) is 0.269. The number of benzene rings is 1. The summed E-state index contributed by atoms with van der Waals surface area (Å²) in [6, 6.07) is 5.18. The van der Waals surface area contributed by atoms with E-state index in [2.05, 4.69) is 20.6 Å². The highest BCUT2D eigenvalue weighted by Crippen LogP contribution is 2.12. The molecule has 0 bridgehead atoms. The highest BCUT2D eigenvalue weighted by atomic mass is 32.1. The second-order valence-electron chi connectivity index (χ2n) is 9.47. The molecule has 42 heavy (non-hydrogen) atoms. The van der Waals surface area contributed by atoms with Gasteiger partial charge in [0.15, 0.2) is 0 Å². The number of fused-ring (bicyclic) bond motifs is 1. The predicted octanol–water partition coefficient (Wildman–Crippen LogP) is -1.77. The van der Waals surface area contributed by atoms with Crippen molar-refractivity contribution >= 4 is 40.0 Å². The number of aromatic amines is 2. The maximum absolute atomic E-state index is 13.4. The first-order valence-corrected chi connectivity index (χ1v) is 13.5. The van der Waals surface area contributed by atoms with Crippen LogP contribution in [0.15, 0.2) is 67.2 Å². The van der Waals surface area contributed by atoms with Crippen molar-refractivity contribution in [2.75, 3.05) is 0 Å². The molecule has 0 aliphatic rings. The van der Waals surface area contributed by atoms with Crippen LogP contribution in [-0.4, -0.2) is 60.1 Å². The third-order valence-electron chi connectivity index (χ3n) is 6.41. The van der Waals surface area contributed by atoms with Crippen LogP contribution >= 0.6 is 11.3 Å². The Morgan fingerprint density at radius 1 is 0.952 bits per heavy atom. The lowest BCUT2D eigenvalue weighted by Gasteiger charge is -2.23. The number of rotatable bonds is 11. The SMILES string of the molecule is Cc1cn(C[C@@H](N)C(=O)N[C@H](Cn2c(=O)[nH]c3ccccc3c2=O)C(=O)N[C@H](Cc2cccs2)C(=O)O)c(=O)[nH]c1=O. The van der Waals surface area contributed by atoms with Crippen molar-refractivity contribution in [3.8, 4) is 0 Å². The molecule has 16 heteroatoms. The van der Waals surface area contributed by atoms with Crippen molar-refractivity contribution in [3.05, 3.63) is 100 Å². The molecule has 3 heterocycles. The number of nitrogens with two attached hydrogens (primary N) is 1. The van der Waals surface area contributed by atoms with Crippen LogP contribution in [0.3, 0.4) is 0 Å². The number of aromatic nitrogens is 4. The average molecular weight is 598 g/mol. The number of nitrogens with zero attached hydrogens (tertiary/aromatic N) is 2. The molecule has 0 spiro atoms. The molecule has 4 rings (SSSR count). The molecule has 220 valence electrons. The van der Waals surface area contributed by atoms with Gasteiger partial charge in [-0.05, 0) is 30.5 Å². The summed E-state index contributed by atoms with van der Waals surface area (Å²) in [6.45, 7) is 0.407. The number of carboxylic acids is 1. The Morgan fingerprint density at radius 3 is 2.36 bits per heavy atom. The van der Waals surface area contributed by atoms with Gasteiger partial charge in [-0.2, -0.15) is 0 Å². The number of aryl methyl sites for hydroxylation is 1. The third-order valence-corrected chi connectivity index (χ3v) is 7.31. The summed E-state index contributed by atoms with van der Waals surface area (Å²) in [5.74, 6) is -3.27. The number of carboxylic acid groups (broad SMARTS) is 1. The Hall–Kier alpha value is -5.09. The second kappa shape index (κ2) is 12.6. The number of thiophene rings is 1. The Labute approximate surface area is 239 Å². The standard InChI is InChI=1S/C26H27N7O8S/c1-13-10-32(25(40)31-20(13)34)11-16(27)21(35)29-19(22(36)28-18(24(38)39)9-14-5-4-8-42-14)12-33-23(37)15-6-2-3-7-17(15)30-26(33)41/h2-8,10,16,18-19H,9,11-12,27H2,1H3,(H,28,36)(H,29,35)(H,30,41)(H,38,39)(H,31,34,40)/t16-,18-,19-/m1/s1. The van der Waals surface area contributed by atoms with E-state index in [9.17, 15) is 38.7 Å². The number of para-hydroxylation sites is 1. The van der Waals surface area contributed by atoms with E-state index in [4.69, 9.17) is 5.73 Å². The Morgan fingerprint density at radius 2 is 1.67 bits per heavy atom. The number of hydrogen-bond acceptors (Lipinski definition) is 9. The fourth-order valence-electron chi connectivity index (χ4n) is 4.17. The molecule has 3 atom stereocenters. The first kappa shape index (κ1) is 29.9. The van der Waals surface area contributed by atoms with E-state index in [1.54, 1.807) is 29.6 Å².